The Morgan fingerprint density at radius 1 is 1.20 bits per heavy atom. The zero-order valence-corrected chi connectivity index (χ0v) is 2.82. The second kappa shape index (κ2) is 3.88. The maximum Gasteiger partial charge on any atom is 0.111 e. The van der Waals surface area contributed by atoms with E-state index < -0.39 is 0 Å². The summed E-state index contributed by atoms with van der Waals surface area (Å²) in [5.41, 5.74) is 12.5. The minimum absolute atomic E-state index is 0.0938. The smallest absolute Gasteiger partial charge is 0.111 e. The van der Waals surface area contributed by atoms with E-state index in [4.69, 9.17) is 11.5 Å². The molecule has 2 N–H and O–H groups in total. The maximum absolute atomic E-state index is 6.26. The van der Waals surface area contributed by atoms with Gasteiger partial charge in [-0.15, -0.1) is 0 Å². The minimum Gasteiger partial charge on any atom is -0.349 e. The highest BCUT2D eigenvalue weighted by Gasteiger charge is 1.65. The quantitative estimate of drug-likeness (QED) is 0.435. The molecule has 0 heterocycles. The fraction of sp³-hybridized carbons (Fsp3) is 1.00. The predicted octanol–water partition coefficient (Wildman–Crippen LogP) is -0.516. The summed E-state index contributed by atoms with van der Waals surface area (Å²) in [5, 5.41) is 0. The van der Waals surface area contributed by atoms with Crippen LogP contribution in [0.3, 0.4) is 0 Å². The number of ether oxygens (including phenoxy) is 1. The molecule has 0 bridgehead atoms. The van der Waals surface area contributed by atoms with E-state index in [1.54, 1.807) is 0 Å². The Labute approximate surface area is 30.9 Å². The van der Waals surface area contributed by atoms with Crippen molar-refractivity contribution >= 4 is 0 Å². The van der Waals surface area contributed by atoms with Crippen molar-refractivity contribution in [2.24, 2.45) is 0 Å². The Balaban J connectivity index is 2.19. The lowest BCUT2D eigenvalue weighted by Gasteiger charge is -1.84. The monoisotopic (exact) mass is 74.0 g/mol. The third-order valence-electron chi connectivity index (χ3n) is 0.204. The van der Waals surface area contributed by atoms with Gasteiger partial charge in [0.2, 0.25) is 0 Å². The molecule has 0 aromatic heterocycles. The summed E-state index contributed by atoms with van der Waals surface area (Å²) in [6.45, 7) is -0.188. The van der Waals surface area contributed by atoms with Crippen molar-refractivity contribution in [3.8, 4) is 0 Å². The lowest BCUT2D eigenvalue weighted by atomic mass is 11.2. The van der Waals surface area contributed by atoms with Gasteiger partial charge in [-0.3, -0.25) is 0 Å². The minimum atomic E-state index is -0.0938. The molecule has 3 nitrogen and oxygen atoms in total. The van der Waals surface area contributed by atoms with Crippen LogP contribution >= 0.6 is 0 Å². The van der Waals surface area contributed by atoms with E-state index in [9.17, 15) is 0 Å². The molecule has 0 unspecified atom stereocenters. The normalized spacial score (nSPS) is 8.40. The van der Waals surface area contributed by atoms with Crippen LogP contribution in [0.1, 0.15) is 0 Å². The molecule has 3 heteroatoms. The second-order valence-electron chi connectivity index (χ2n) is 0.493. The summed E-state index contributed by atoms with van der Waals surface area (Å²) in [5.74, 6) is 0. The molecule has 0 aromatic rings. The zero-order chi connectivity index (χ0) is 4.12. The van der Waals surface area contributed by atoms with Crippen molar-refractivity contribution in [2.45, 2.75) is 0 Å². The highest BCUT2D eigenvalue weighted by atomic mass is 16.5. The molecule has 0 aliphatic rings. The molecule has 2 radical (unpaired) electrons. The van der Waals surface area contributed by atoms with Gasteiger partial charge in [-0.25, -0.2) is 11.5 Å². The molecule has 0 aromatic carbocycles. The van der Waals surface area contributed by atoms with Gasteiger partial charge in [0, 0.05) is 0 Å². The lowest BCUT2D eigenvalue weighted by molar-refractivity contribution is 0.139. The Hall–Kier alpha value is -0.120. The summed E-state index contributed by atoms with van der Waals surface area (Å²) in [6.07, 6.45) is 0. The molecule has 30 valence electrons. The van der Waals surface area contributed by atoms with E-state index in [1.165, 1.54) is 0 Å². The second-order valence-corrected chi connectivity index (χ2v) is 0.493. The Kier molecular flexibility index (Phi) is 3.79. The fourth-order valence-corrected chi connectivity index (χ4v) is 0.0510. The van der Waals surface area contributed by atoms with E-state index in [0.717, 1.165) is 0 Å². The van der Waals surface area contributed by atoms with E-state index in [2.05, 4.69) is 4.74 Å². The molecular formula is C2H6N2O. The van der Waals surface area contributed by atoms with Crippen molar-refractivity contribution in [2.75, 3.05) is 13.5 Å². The van der Waals surface area contributed by atoms with Crippen LogP contribution in [-0.2, 0) is 4.74 Å². The SMILES string of the molecule is [NH]COC[NH]. The highest BCUT2D eigenvalue weighted by molar-refractivity contribution is 3.99. The van der Waals surface area contributed by atoms with Crippen LogP contribution in [0.15, 0.2) is 0 Å². The summed E-state index contributed by atoms with van der Waals surface area (Å²) in [6, 6.07) is 0. The first kappa shape index (κ1) is 4.88. The number of rotatable bonds is 2. The Morgan fingerprint density at radius 2 is 1.60 bits per heavy atom. The van der Waals surface area contributed by atoms with Gasteiger partial charge in [0.05, 0.1) is 0 Å². The lowest BCUT2D eigenvalue weighted by Crippen LogP contribution is -1.95. The van der Waals surface area contributed by atoms with Gasteiger partial charge in [0.25, 0.3) is 0 Å². The molecule has 0 aliphatic heterocycles. The van der Waals surface area contributed by atoms with Gasteiger partial charge in [0.1, 0.15) is 13.5 Å². The van der Waals surface area contributed by atoms with E-state index >= 15 is 0 Å². The van der Waals surface area contributed by atoms with Crippen molar-refractivity contribution in [1.29, 1.82) is 0 Å². The molecular weight excluding hydrogens is 68.0 g/mol. The standard InChI is InChI=1S/C2H6N2O/c3-1-5-2-4/h3-4H,1-2H2. The van der Waals surface area contributed by atoms with Crippen LogP contribution in [0.4, 0.5) is 0 Å². The molecule has 0 spiro atoms. The van der Waals surface area contributed by atoms with Gasteiger partial charge in [0.15, 0.2) is 0 Å². The average molecular weight is 74.1 g/mol. The van der Waals surface area contributed by atoms with Crippen molar-refractivity contribution in [1.82, 2.24) is 11.5 Å². The first-order valence-electron chi connectivity index (χ1n) is 1.28. The third kappa shape index (κ3) is 3.88. The molecule has 5 heavy (non-hydrogen) atoms. The van der Waals surface area contributed by atoms with Gasteiger partial charge >= 0.3 is 0 Å². The van der Waals surface area contributed by atoms with Crippen LogP contribution in [0, 0.1) is 0 Å². The van der Waals surface area contributed by atoms with Gasteiger partial charge < -0.3 is 4.74 Å². The molecule has 0 saturated carbocycles. The topological polar surface area (TPSA) is 56.8 Å². The summed E-state index contributed by atoms with van der Waals surface area (Å²) in [4.78, 5) is 0. The molecule has 0 amide bonds. The first-order chi connectivity index (χ1) is 2.41. The van der Waals surface area contributed by atoms with E-state index in [-0.39, 0.29) is 13.5 Å². The van der Waals surface area contributed by atoms with E-state index in [1.807, 2.05) is 0 Å². The molecule has 0 fully saturated rings. The Morgan fingerprint density at radius 3 is 1.60 bits per heavy atom. The Bertz CT molecular complexity index is 15.1. The van der Waals surface area contributed by atoms with Gasteiger partial charge in [-0.2, -0.15) is 0 Å². The van der Waals surface area contributed by atoms with Gasteiger partial charge in [-0.1, -0.05) is 0 Å². The van der Waals surface area contributed by atoms with Crippen LogP contribution in [-0.4, -0.2) is 13.5 Å². The summed E-state index contributed by atoms with van der Waals surface area (Å²) >= 11 is 0. The fourth-order valence-electron chi connectivity index (χ4n) is 0.0510. The van der Waals surface area contributed by atoms with E-state index in [0.29, 0.717) is 0 Å². The molecule has 0 atom stereocenters. The summed E-state index contributed by atoms with van der Waals surface area (Å²) in [7, 11) is 0. The number of nitrogens with one attached hydrogen (secondary N) is 2. The highest BCUT2D eigenvalue weighted by Crippen LogP contribution is 1.54. The van der Waals surface area contributed by atoms with Crippen LogP contribution < -0.4 is 11.5 Å². The number of hydrogen-bond donors (Lipinski definition) is 0. The van der Waals surface area contributed by atoms with Crippen molar-refractivity contribution in [3.63, 3.8) is 0 Å². The number of hydrogen-bond acceptors (Lipinski definition) is 1. The van der Waals surface area contributed by atoms with Gasteiger partial charge in [-0.05, 0) is 0 Å². The molecule has 0 aliphatic carbocycles. The molecule has 0 rings (SSSR count). The third-order valence-corrected chi connectivity index (χ3v) is 0.204. The average Bonchev–Trinajstić information content (AvgIpc) is 1.41. The first-order valence-corrected chi connectivity index (χ1v) is 1.28. The van der Waals surface area contributed by atoms with Crippen LogP contribution in [0.2, 0.25) is 0 Å². The van der Waals surface area contributed by atoms with Crippen LogP contribution in [0.25, 0.3) is 0 Å². The largest absolute Gasteiger partial charge is 0.349 e. The maximum atomic E-state index is 6.26. The molecule has 0 saturated heterocycles. The van der Waals surface area contributed by atoms with Crippen molar-refractivity contribution in [3.05, 3.63) is 0 Å². The van der Waals surface area contributed by atoms with Crippen molar-refractivity contribution < 1.29 is 4.74 Å². The predicted molar refractivity (Wildman–Crippen MR) is 17.0 cm³/mol. The summed E-state index contributed by atoms with van der Waals surface area (Å²) < 4.78 is 4.17. The zero-order valence-electron chi connectivity index (χ0n) is 2.82. The van der Waals surface area contributed by atoms with Crippen LogP contribution in [0.5, 0.6) is 0 Å².